The Morgan fingerprint density at radius 2 is 1.60 bits per heavy atom. The molecular weight excluding hydrogens is 155 g/mol. The smallest absolute Gasteiger partial charge is 0 e. The van der Waals surface area contributed by atoms with Crippen LogP contribution in [0.2, 0.25) is 0 Å². The molecule has 37 valence electrons. The van der Waals surface area contributed by atoms with Crippen LogP contribution in [0.4, 0.5) is 0 Å². The SMILES string of the molecule is [CH2-]CO.[Co].[Fe]. The molecule has 0 aliphatic heterocycles. The van der Waals surface area contributed by atoms with Crippen molar-refractivity contribution < 1.29 is 39.0 Å². The predicted octanol–water partition coefficient (Wildman–Crippen LogP) is -0.192. The van der Waals surface area contributed by atoms with Gasteiger partial charge < -0.3 is 12.0 Å². The molecule has 0 aromatic heterocycles. The Labute approximate surface area is 52.8 Å². The second-order valence-corrected chi connectivity index (χ2v) is 0.224. The summed E-state index contributed by atoms with van der Waals surface area (Å²) in [6.45, 7) is 3.04. The Balaban J connectivity index is -0.0000000200. The summed E-state index contributed by atoms with van der Waals surface area (Å²) >= 11 is 0. The minimum absolute atomic E-state index is 0. The van der Waals surface area contributed by atoms with Gasteiger partial charge in [0.25, 0.3) is 0 Å². The number of rotatable bonds is 0. The van der Waals surface area contributed by atoms with Crippen molar-refractivity contribution in [1.82, 2.24) is 0 Å². The first-order chi connectivity index (χ1) is 1.41. The van der Waals surface area contributed by atoms with Gasteiger partial charge in [0.15, 0.2) is 0 Å². The fourth-order valence-electron chi connectivity index (χ4n) is 0. The molecule has 0 aliphatic rings. The van der Waals surface area contributed by atoms with Gasteiger partial charge in [-0.1, -0.05) is 6.61 Å². The first-order valence-corrected chi connectivity index (χ1v) is 0.816. The summed E-state index contributed by atoms with van der Waals surface area (Å²) < 4.78 is 0. The molecule has 0 saturated heterocycles. The number of hydrogen-bond donors (Lipinski definition) is 1. The fourth-order valence-corrected chi connectivity index (χ4v) is 0. The van der Waals surface area contributed by atoms with Crippen LogP contribution in [0.5, 0.6) is 0 Å². The van der Waals surface area contributed by atoms with E-state index < -0.39 is 0 Å². The van der Waals surface area contributed by atoms with Crippen molar-refractivity contribution in [1.29, 1.82) is 0 Å². The number of aliphatic hydroxyl groups is 1. The van der Waals surface area contributed by atoms with E-state index in [0.717, 1.165) is 0 Å². The second-order valence-electron chi connectivity index (χ2n) is 0.224. The van der Waals surface area contributed by atoms with E-state index in [1.807, 2.05) is 0 Å². The normalized spacial score (nSPS) is 3.60. The zero-order valence-corrected chi connectivity index (χ0v) is 4.69. The Morgan fingerprint density at radius 3 is 1.60 bits per heavy atom. The van der Waals surface area contributed by atoms with Crippen LogP contribution >= 0.6 is 0 Å². The van der Waals surface area contributed by atoms with E-state index >= 15 is 0 Å². The summed E-state index contributed by atoms with van der Waals surface area (Å²) in [5.41, 5.74) is 0. The molecule has 0 fully saturated rings. The predicted molar refractivity (Wildman–Crippen MR) is 12.4 cm³/mol. The summed E-state index contributed by atoms with van der Waals surface area (Å²) in [7, 11) is 0. The average molecular weight is 160 g/mol. The van der Waals surface area contributed by atoms with Gasteiger partial charge in [-0.25, -0.2) is 0 Å². The molecule has 0 bridgehead atoms. The molecule has 0 amide bonds. The molecule has 0 aliphatic carbocycles. The van der Waals surface area contributed by atoms with E-state index in [1.165, 1.54) is 0 Å². The van der Waals surface area contributed by atoms with Crippen molar-refractivity contribution in [3.05, 3.63) is 6.92 Å². The van der Waals surface area contributed by atoms with Gasteiger partial charge in [0.1, 0.15) is 0 Å². The van der Waals surface area contributed by atoms with E-state index in [2.05, 4.69) is 6.92 Å². The van der Waals surface area contributed by atoms with Gasteiger partial charge >= 0.3 is 0 Å². The maximum absolute atomic E-state index is 7.46. The molecule has 1 radical (unpaired) electrons. The molecule has 0 aromatic carbocycles. The van der Waals surface area contributed by atoms with E-state index in [0.29, 0.717) is 0 Å². The van der Waals surface area contributed by atoms with Crippen LogP contribution in [0.3, 0.4) is 0 Å². The third-order valence-electron chi connectivity index (χ3n) is 0. The second kappa shape index (κ2) is 20.1. The van der Waals surface area contributed by atoms with E-state index in [-0.39, 0.29) is 40.5 Å². The maximum Gasteiger partial charge on any atom is 0 e. The van der Waals surface area contributed by atoms with Crippen LogP contribution in [-0.4, -0.2) is 11.7 Å². The first-order valence-electron chi connectivity index (χ1n) is 0.816. The van der Waals surface area contributed by atoms with Crippen molar-refractivity contribution >= 4 is 0 Å². The Bertz CT molecular complexity index is 9.61. The van der Waals surface area contributed by atoms with E-state index in [4.69, 9.17) is 5.11 Å². The van der Waals surface area contributed by atoms with Gasteiger partial charge in [-0.3, -0.25) is 0 Å². The van der Waals surface area contributed by atoms with Crippen LogP contribution in [0.1, 0.15) is 0 Å². The monoisotopic (exact) mass is 160 g/mol. The summed E-state index contributed by atoms with van der Waals surface area (Å²) in [6, 6.07) is 0. The number of hydrogen-bond acceptors (Lipinski definition) is 1. The Kier molecular flexibility index (Phi) is 67.0. The molecule has 0 aromatic rings. The van der Waals surface area contributed by atoms with Gasteiger partial charge in [0, 0.05) is 33.8 Å². The molecular formula is C2H5CoFeO-. The molecule has 0 rings (SSSR count). The van der Waals surface area contributed by atoms with Gasteiger partial charge in [0.2, 0.25) is 0 Å². The van der Waals surface area contributed by atoms with Crippen LogP contribution < -0.4 is 0 Å². The van der Waals surface area contributed by atoms with Gasteiger partial charge in [-0.15, -0.1) is 0 Å². The molecule has 0 spiro atoms. The van der Waals surface area contributed by atoms with Crippen LogP contribution in [0, 0.1) is 6.92 Å². The van der Waals surface area contributed by atoms with Crippen LogP contribution in [-0.2, 0) is 33.8 Å². The van der Waals surface area contributed by atoms with Crippen molar-refractivity contribution in [2.75, 3.05) is 6.61 Å². The Hall–Kier alpha value is 0.986. The summed E-state index contributed by atoms with van der Waals surface area (Å²) in [5.74, 6) is 0. The minimum atomic E-state index is 0. The number of aliphatic hydroxyl groups excluding tert-OH is 1. The minimum Gasteiger partial charge on any atom is -0.428 e. The third-order valence-corrected chi connectivity index (χ3v) is 0. The standard InChI is InChI=1S/C2H5O.Co.Fe/c1-2-3;;/h3H,1-2H2;;/q-1;;. The topological polar surface area (TPSA) is 20.2 Å². The molecule has 0 unspecified atom stereocenters. The third kappa shape index (κ3) is 45.7. The molecule has 0 atom stereocenters. The average Bonchev–Trinajstić information content (AvgIpc) is 0.918. The van der Waals surface area contributed by atoms with E-state index in [9.17, 15) is 0 Å². The van der Waals surface area contributed by atoms with Gasteiger partial charge in [-0.05, 0) is 0 Å². The molecule has 5 heavy (non-hydrogen) atoms. The molecule has 0 saturated carbocycles. The largest absolute Gasteiger partial charge is 0.428 e. The van der Waals surface area contributed by atoms with Crippen molar-refractivity contribution in [2.45, 2.75) is 0 Å². The van der Waals surface area contributed by atoms with Gasteiger partial charge in [-0.2, -0.15) is 0 Å². The quantitative estimate of drug-likeness (QED) is 0.384. The molecule has 1 N–H and O–H groups in total. The summed E-state index contributed by atoms with van der Waals surface area (Å²) in [4.78, 5) is 0. The first kappa shape index (κ1) is 16.7. The van der Waals surface area contributed by atoms with Crippen LogP contribution in [0.15, 0.2) is 0 Å². The maximum atomic E-state index is 7.46. The van der Waals surface area contributed by atoms with Gasteiger partial charge in [0.05, 0.1) is 0 Å². The van der Waals surface area contributed by atoms with Crippen molar-refractivity contribution in [3.8, 4) is 0 Å². The summed E-state index contributed by atoms with van der Waals surface area (Å²) in [6.07, 6.45) is 0. The fraction of sp³-hybridized carbons (Fsp3) is 0.500. The molecule has 3 heteroatoms. The summed E-state index contributed by atoms with van der Waals surface area (Å²) in [5, 5.41) is 7.46. The van der Waals surface area contributed by atoms with Crippen molar-refractivity contribution in [2.24, 2.45) is 0 Å². The Morgan fingerprint density at radius 1 is 1.60 bits per heavy atom. The van der Waals surface area contributed by atoms with E-state index in [1.54, 1.807) is 0 Å². The zero-order valence-electron chi connectivity index (χ0n) is 2.55. The molecule has 0 heterocycles. The zero-order chi connectivity index (χ0) is 2.71. The van der Waals surface area contributed by atoms with Crippen molar-refractivity contribution in [3.63, 3.8) is 0 Å². The van der Waals surface area contributed by atoms with Crippen LogP contribution in [0.25, 0.3) is 0 Å². The molecule has 1 nitrogen and oxygen atoms in total.